The molecule has 0 aromatic heterocycles. The van der Waals surface area contributed by atoms with Crippen molar-refractivity contribution in [3.63, 3.8) is 0 Å². The lowest BCUT2D eigenvalue weighted by atomic mass is 10.1. The molecule has 0 saturated heterocycles. The van der Waals surface area contributed by atoms with Gasteiger partial charge in [-0.2, -0.15) is 0 Å². The van der Waals surface area contributed by atoms with E-state index in [1.165, 1.54) is 18.7 Å². The van der Waals surface area contributed by atoms with Crippen LogP contribution in [0, 0.1) is 12.7 Å². The zero-order chi connectivity index (χ0) is 19.8. The summed E-state index contributed by atoms with van der Waals surface area (Å²) in [6.07, 6.45) is 0.836. The molecule has 2 rings (SSSR count). The summed E-state index contributed by atoms with van der Waals surface area (Å²) < 4.78 is 24.2. The molecule has 0 aliphatic heterocycles. The maximum atomic E-state index is 13.9. The molecule has 2 N–H and O–H groups in total. The van der Waals surface area contributed by atoms with Gasteiger partial charge in [0, 0.05) is 13.6 Å². The summed E-state index contributed by atoms with van der Waals surface area (Å²) >= 11 is 0. The average molecular weight is 501 g/mol. The fourth-order valence-corrected chi connectivity index (χ4v) is 2.78. The van der Waals surface area contributed by atoms with E-state index in [1.807, 2.05) is 19.9 Å². The number of rotatable bonds is 7. The van der Waals surface area contributed by atoms with Crippen LogP contribution in [0.2, 0.25) is 0 Å². The molecule has 0 saturated carbocycles. The summed E-state index contributed by atoms with van der Waals surface area (Å²) in [7, 11) is 4.85. The molecule has 1 unspecified atom stereocenters. The normalized spacial score (nSPS) is 12.0. The van der Waals surface area contributed by atoms with Crippen molar-refractivity contribution >= 4 is 29.9 Å². The van der Waals surface area contributed by atoms with Gasteiger partial charge in [0.15, 0.2) is 17.5 Å². The number of hydrogen-bond donors (Lipinski definition) is 2. The number of guanidine groups is 1. The van der Waals surface area contributed by atoms with E-state index in [0.717, 1.165) is 29.8 Å². The maximum absolute atomic E-state index is 13.9. The van der Waals surface area contributed by atoms with E-state index in [1.54, 1.807) is 20.2 Å². The van der Waals surface area contributed by atoms with Crippen LogP contribution < -0.4 is 20.1 Å². The standard InChI is InChI=1S/C21H28FN3O2.HI/c1-14-6-7-16(12-20(14)27-5)10-11-24-21(23-3)25-15(2)17-8-9-19(26-4)18(22)13-17;/h6-9,12-13,15H,10-11H2,1-5H3,(H2,23,24,25);1H. The number of hydrogen-bond acceptors (Lipinski definition) is 3. The second-order valence-electron chi connectivity index (χ2n) is 6.31. The Labute approximate surface area is 183 Å². The first kappa shape index (κ1) is 24.0. The monoisotopic (exact) mass is 501 g/mol. The first-order valence-electron chi connectivity index (χ1n) is 8.92. The summed E-state index contributed by atoms with van der Waals surface area (Å²) in [4.78, 5) is 4.24. The third kappa shape index (κ3) is 6.54. The van der Waals surface area contributed by atoms with E-state index in [9.17, 15) is 4.39 Å². The SMILES string of the molecule is CN=C(NCCc1ccc(C)c(OC)c1)NC(C)c1ccc(OC)c(F)c1.I. The van der Waals surface area contributed by atoms with Crippen LogP contribution in [-0.4, -0.2) is 33.8 Å². The Morgan fingerprint density at radius 1 is 1.11 bits per heavy atom. The highest BCUT2D eigenvalue weighted by Gasteiger charge is 2.11. The molecule has 0 amide bonds. The van der Waals surface area contributed by atoms with Gasteiger partial charge in [0.2, 0.25) is 0 Å². The summed E-state index contributed by atoms with van der Waals surface area (Å²) in [5, 5.41) is 6.56. The van der Waals surface area contributed by atoms with E-state index in [2.05, 4.69) is 33.8 Å². The van der Waals surface area contributed by atoms with Crippen LogP contribution in [-0.2, 0) is 6.42 Å². The molecule has 0 spiro atoms. The van der Waals surface area contributed by atoms with Gasteiger partial charge < -0.3 is 20.1 Å². The lowest BCUT2D eigenvalue weighted by Crippen LogP contribution is -2.39. The van der Waals surface area contributed by atoms with E-state index >= 15 is 0 Å². The minimum absolute atomic E-state index is 0. The lowest BCUT2D eigenvalue weighted by Gasteiger charge is -2.19. The van der Waals surface area contributed by atoms with Crippen LogP contribution in [0.5, 0.6) is 11.5 Å². The number of aryl methyl sites for hydroxylation is 1. The zero-order valence-electron chi connectivity index (χ0n) is 17.0. The van der Waals surface area contributed by atoms with Gasteiger partial charge in [-0.05, 0) is 55.2 Å². The molecular formula is C21H29FIN3O2. The summed E-state index contributed by atoms with van der Waals surface area (Å²) in [6, 6.07) is 11.0. The van der Waals surface area contributed by atoms with Gasteiger partial charge in [0.1, 0.15) is 5.75 Å². The fraction of sp³-hybridized carbons (Fsp3) is 0.381. The molecule has 0 fully saturated rings. The van der Waals surface area contributed by atoms with Crippen LogP contribution in [0.25, 0.3) is 0 Å². The van der Waals surface area contributed by atoms with Gasteiger partial charge in [-0.15, -0.1) is 24.0 Å². The van der Waals surface area contributed by atoms with Crippen molar-refractivity contribution < 1.29 is 13.9 Å². The molecule has 28 heavy (non-hydrogen) atoms. The maximum Gasteiger partial charge on any atom is 0.191 e. The molecular weight excluding hydrogens is 472 g/mol. The minimum Gasteiger partial charge on any atom is -0.496 e. The van der Waals surface area contributed by atoms with Crippen molar-refractivity contribution in [1.82, 2.24) is 10.6 Å². The Morgan fingerprint density at radius 3 is 2.43 bits per heavy atom. The number of nitrogens with zero attached hydrogens (tertiary/aromatic N) is 1. The minimum atomic E-state index is -0.375. The van der Waals surface area contributed by atoms with Crippen LogP contribution in [0.1, 0.15) is 29.7 Å². The van der Waals surface area contributed by atoms with Gasteiger partial charge in [0.05, 0.1) is 20.3 Å². The van der Waals surface area contributed by atoms with E-state index in [-0.39, 0.29) is 41.6 Å². The fourth-order valence-electron chi connectivity index (χ4n) is 2.78. The lowest BCUT2D eigenvalue weighted by molar-refractivity contribution is 0.386. The van der Waals surface area contributed by atoms with Crippen LogP contribution in [0.4, 0.5) is 4.39 Å². The van der Waals surface area contributed by atoms with Gasteiger partial charge in [-0.3, -0.25) is 4.99 Å². The van der Waals surface area contributed by atoms with Gasteiger partial charge in [-0.25, -0.2) is 4.39 Å². The van der Waals surface area contributed by atoms with Gasteiger partial charge in [-0.1, -0.05) is 18.2 Å². The summed E-state index contributed by atoms with van der Waals surface area (Å²) in [5.41, 5.74) is 3.12. The molecule has 0 bridgehead atoms. The molecule has 2 aromatic rings. The highest BCUT2D eigenvalue weighted by atomic mass is 127. The first-order chi connectivity index (χ1) is 13.0. The third-order valence-corrected chi connectivity index (χ3v) is 4.43. The second-order valence-corrected chi connectivity index (χ2v) is 6.31. The van der Waals surface area contributed by atoms with E-state index in [4.69, 9.17) is 9.47 Å². The smallest absolute Gasteiger partial charge is 0.191 e. The van der Waals surface area contributed by atoms with E-state index < -0.39 is 0 Å². The molecule has 0 aliphatic carbocycles. The number of methoxy groups -OCH3 is 2. The van der Waals surface area contributed by atoms with E-state index in [0.29, 0.717) is 5.96 Å². The third-order valence-electron chi connectivity index (χ3n) is 4.43. The summed E-state index contributed by atoms with van der Waals surface area (Å²) in [6.45, 7) is 4.70. The Hall–Kier alpha value is -2.03. The quantitative estimate of drug-likeness (QED) is 0.339. The molecule has 7 heteroatoms. The molecule has 0 heterocycles. The number of ether oxygens (including phenoxy) is 2. The topological polar surface area (TPSA) is 54.9 Å². The molecule has 0 aliphatic rings. The Morgan fingerprint density at radius 2 is 1.82 bits per heavy atom. The van der Waals surface area contributed by atoms with Crippen molar-refractivity contribution in [3.8, 4) is 11.5 Å². The Kier molecular flexibility index (Phi) is 10.1. The molecule has 1 atom stereocenters. The predicted octanol–water partition coefficient (Wildman–Crippen LogP) is 4.24. The van der Waals surface area contributed by atoms with Crippen LogP contribution in [0.15, 0.2) is 41.4 Å². The summed E-state index contributed by atoms with van der Waals surface area (Å²) in [5.74, 6) is 1.42. The number of halogens is 2. The Bertz CT molecular complexity index is 799. The number of benzene rings is 2. The first-order valence-corrected chi connectivity index (χ1v) is 8.92. The predicted molar refractivity (Wildman–Crippen MR) is 123 cm³/mol. The molecule has 154 valence electrons. The van der Waals surface area contributed by atoms with Crippen molar-refractivity contribution in [3.05, 3.63) is 58.9 Å². The molecule has 0 radical (unpaired) electrons. The molecule has 5 nitrogen and oxygen atoms in total. The Balaban J connectivity index is 0.00000392. The highest BCUT2D eigenvalue weighted by Crippen LogP contribution is 2.22. The second kappa shape index (κ2) is 11.7. The van der Waals surface area contributed by atoms with Crippen LogP contribution in [0.3, 0.4) is 0 Å². The number of aliphatic imine (C=N–C) groups is 1. The molecule has 2 aromatic carbocycles. The highest BCUT2D eigenvalue weighted by molar-refractivity contribution is 14.0. The average Bonchev–Trinajstić information content (AvgIpc) is 2.68. The number of nitrogens with one attached hydrogen (secondary N) is 2. The largest absolute Gasteiger partial charge is 0.496 e. The van der Waals surface area contributed by atoms with Crippen molar-refractivity contribution in [2.24, 2.45) is 4.99 Å². The van der Waals surface area contributed by atoms with Crippen molar-refractivity contribution in [1.29, 1.82) is 0 Å². The van der Waals surface area contributed by atoms with Crippen molar-refractivity contribution in [2.75, 3.05) is 27.8 Å². The van der Waals surface area contributed by atoms with Gasteiger partial charge in [0.25, 0.3) is 0 Å². The van der Waals surface area contributed by atoms with Crippen LogP contribution >= 0.6 is 24.0 Å². The zero-order valence-corrected chi connectivity index (χ0v) is 19.3. The van der Waals surface area contributed by atoms with Crippen molar-refractivity contribution in [2.45, 2.75) is 26.3 Å². The van der Waals surface area contributed by atoms with Gasteiger partial charge >= 0.3 is 0 Å².